The number of aromatic nitrogens is 2. The Morgan fingerprint density at radius 3 is 2.45 bits per heavy atom. The molecule has 1 aromatic heterocycles. The second kappa shape index (κ2) is 8.76. The summed E-state index contributed by atoms with van der Waals surface area (Å²) in [4.78, 5) is 20.6. The summed E-state index contributed by atoms with van der Waals surface area (Å²) >= 11 is 1.20. The Bertz CT molecular complexity index is 1270. The molecule has 0 aliphatic heterocycles. The number of methoxy groups -OCH3 is 1. The average molecular weight is 434 g/mol. The molecule has 9 nitrogen and oxygen atoms in total. The fourth-order valence-corrected chi connectivity index (χ4v) is 3.56. The smallest absolute Gasteiger partial charge is 0.270 e. The molecule has 0 bridgehead atoms. The Hall–Kier alpha value is -4.05. The third-order valence-corrected chi connectivity index (χ3v) is 5.13. The van der Waals surface area contributed by atoms with Crippen molar-refractivity contribution < 1.29 is 9.66 Å². The first-order valence-corrected chi connectivity index (χ1v) is 10.00. The number of non-ortho nitro benzene ring substituents is 1. The van der Waals surface area contributed by atoms with Crippen molar-refractivity contribution in [3.63, 3.8) is 0 Å². The second-order valence-electron chi connectivity index (χ2n) is 6.45. The fraction of sp³-hybridized carbons (Fsp3) is 0.0476. The summed E-state index contributed by atoms with van der Waals surface area (Å²) in [5.74, 6) is 1.52. The number of hydrogen-bond acceptors (Lipinski definition) is 9. The third-order valence-electron chi connectivity index (χ3n) is 4.34. The number of nitrogens with zero attached hydrogens (tertiary/aromatic N) is 3. The first-order valence-electron chi connectivity index (χ1n) is 9.18. The van der Waals surface area contributed by atoms with E-state index in [0.29, 0.717) is 44.7 Å². The Balaban J connectivity index is 1.69. The lowest BCUT2D eigenvalue weighted by molar-refractivity contribution is -0.385. The first kappa shape index (κ1) is 20.2. The number of nitrogens with one attached hydrogen (secondary N) is 2. The maximum absolute atomic E-state index is 11.0. The van der Waals surface area contributed by atoms with E-state index in [4.69, 9.17) is 10.5 Å². The van der Waals surface area contributed by atoms with E-state index in [0.717, 1.165) is 0 Å². The molecule has 0 spiro atoms. The molecule has 4 rings (SSSR count). The van der Waals surface area contributed by atoms with Crippen LogP contribution in [0.15, 0.2) is 71.6 Å². The van der Waals surface area contributed by atoms with Gasteiger partial charge in [0.2, 0.25) is 0 Å². The minimum Gasteiger partial charge on any atom is -0.495 e. The molecule has 0 aliphatic carbocycles. The Kier molecular flexibility index (Phi) is 5.72. The van der Waals surface area contributed by atoms with E-state index >= 15 is 0 Å². The van der Waals surface area contributed by atoms with Crippen LogP contribution in [0, 0.1) is 10.1 Å². The number of nitro groups is 1. The van der Waals surface area contributed by atoms with E-state index in [1.54, 1.807) is 37.4 Å². The maximum Gasteiger partial charge on any atom is 0.270 e. The summed E-state index contributed by atoms with van der Waals surface area (Å²) in [7, 11) is 1.57. The van der Waals surface area contributed by atoms with Gasteiger partial charge in [-0.2, -0.15) is 0 Å². The Labute approximate surface area is 181 Å². The van der Waals surface area contributed by atoms with Crippen molar-refractivity contribution in [1.29, 1.82) is 0 Å². The van der Waals surface area contributed by atoms with Crippen LogP contribution in [0.2, 0.25) is 0 Å². The molecule has 4 N–H and O–H groups in total. The standard InChI is InChI=1S/C21H18N6O3S/c1-30-19-10-9-13(22)11-18(19)25-20-21(24-17-8-3-2-7-16(17)23-20)26-31-15-6-4-5-14(12-15)27(28)29/h2-12H,22H2,1H3,(H,23,25)(H,24,26). The lowest BCUT2D eigenvalue weighted by atomic mass is 10.2. The highest BCUT2D eigenvalue weighted by atomic mass is 32.2. The quantitative estimate of drug-likeness (QED) is 0.159. The van der Waals surface area contributed by atoms with Gasteiger partial charge in [-0.25, -0.2) is 9.97 Å². The van der Waals surface area contributed by atoms with Crippen molar-refractivity contribution in [2.75, 3.05) is 22.9 Å². The van der Waals surface area contributed by atoms with Gasteiger partial charge in [0.05, 0.1) is 28.8 Å². The van der Waals surface area contributed by atoms with Gasteiger partial charge in [-0.05, 0) is 48.3 Å². The zero-order valence-corrected chi connectivity index (χ0v) is 17.2. The van der Waals surface area contributed by atoms with Crippen molar-refractivity contribution in [3.05, 3.63) is 76.8 Å². The number of para-hydroxylation sites is 2. The highest BCUT2D eigenvalue weighted by Crippen LogP contribution is 2.34. The number of nitro benzene ring substituents is 1. The second-order valence-corrected chi connectivity index (χ2v) is 7.33. The molecule has 0 fully saturated rings. The van der Waals surface area contributed by atoms with Crippen molar-refractivity contribution in [3.8, 4) is 5.75 Å². The number of hydrogen-bond donors (Lipinski definition) is 3. The lowest BCUT2D eigenvalue weighted by Crippen LogP contribution is -2.04. The van der Waals surface area contributed by atoms with E-state index in [1.807, 2.05) is 24.3 Å². The van der Waals surface area contributed by atoms with Crippen molar-refractivity contribution >= 4 is 51.7 Å². The van der Waals surface area contributed by atoms with Gasteiger partial charge >= 0.3 is 0 Å². The lowest BCUT2D eigenvalue weighted by Gasteiger charge is -2.15. The van der Waals surface area contributed by atoms with Crippen molar-refractivity contribution in [1.82, 2.24) is 9.97 Å². The van der Waals surface area contributed by atoms with Crippen molar-refractivity contribution in [2.24, 2.45) is 0 Å². The van der Waals surface area contributed by atoms with Gasteiger partial charge in [0.25, 0.3) is 5.69 Å². The largest absolute Gasteiger partial charge is 0.495 e. The number of ether oxygens (including phenoxy) is 1. The minimum absolute atomic E-state index is 0.0132. The predicted octanol–water partition coefficient (Wildman–Crippen LogP) is 4.99. The molecular formula is C21H18N6O3S. The van der Waals surface area contributed by atoms with Gasteiger partial charge in [-0.1, -0.05) is 18.2 Å². The molecule has 3 aromatic carbocycles. The van der Waals surface area contributed by atoms with Gasteiger partial charge in [0, 0.05) is 22.7 Å². The molecule has 0 radical (unpaired) electrons. The number of nitrogens with two attached hydrogens (primary N) is 1. The molecule has 1 heterocycles. The summed E-state index contributed by atoms with van der Waals surface area (Å²) in [6, 6.07) is 19.1. The Morgan fingerprint density at radius 2 is 1.74 bits per heavy atom. The summed E-state index contributed by atoms with van der Waals surface area (Å²) in [6.45, 7) is 0. The molecule has 0 saturated carbocycles. The zero-order valence-electron chi connectivity index (χ0n) is 16.4. The zero-order chi connectivity index (χ0) is 21.8. The highest BCUT2D eigenvalue weighted by molar-refractivity contribution is 8.00. The predicted molar refractivity (Wildman–Crippen MR) is 123 cm³/mol. The van der Waals surface area contributed by atoms with Crippen LogP contribution in [0.4, 0.5) is 28.7 Å². The molecule has 4 aromatic rings. The van der Waals surface area contributed by atoms with Gasteiger partial charge < -0.3 is 20.5 Å². The third kappa shape index (κ3) is 4.59. The Morgan fingerprint density at radius 1 is 1.00 bits per heavy atom. The fourth-order valence-electron chi connectivity index (χ4n) is 2.88. The summed E-state index contributed by atoms with van der Waals surface area (Å²) < 4.78 is 8.56. The van der Waals surface area contributed by atoms with Crippen molar-refractivity contribution in [2.45, 2.75) is 4.90 Å². The molecule has 10 heteroatoms. The van der Waals surface area contributed by atoms with Gasteiger partial charge in [-0.3, -0.25) is 10.1 Å². The van der Waals surface area contributed by atoms with Crippen LogP contribution in [0.1, 0.15) is 0 Å². The van der Waals surface area contributed by atoms with E-state index in [2.05, 4.69) is 20.0 Å². The maximum atomic E-state index is 11.0. The van der Waals surface area contributed by atoms with Gasteiger partial charge in [-0.15, -0.1) is 0 Å². The molecule has 156 valence electrons. The van der Waals surface area contributed by atoms with Crippen LogP contribution in [0.25, 0.3) is 11.0 Å². The van der Waals surface area contributed by atoms with E-state index in [-0.39, 0.29) is 5.69 Å². The molecule has 0 amide bonds. The number of rotatable bonds is 7. The molecular weight excluding hydrogens is 416 g/mol. The van der Waals surface area contributed by atoms with Crippen LogP contribution in [0.3, 0.4) is 0 Å². The first-order chi connectivity index (χ1) is 15.0. The normalized spacial score (nSPS) is 10.6. The van der Waals surface area contributed by atoms with Crippen LogP contribution >= 0.6 is 11.9 Å². The van der Waals surface area contributed by atoms with E-state index in [1.165, 1.54) is 24.1 Å². The van der Waals surface area contributed by atoms with E-state index in [9.17, 15) is 10.1 Å². The molecule has 0 aliphatic rings. The highest BCUT2D eigenvalue weighted by Gasteiger charge is 2.13. The SMILES string of the molecule is COc1ccc(N)cc1Nc1nc2ccccc2nc1NSc1cccc([N+](=O)[O-])c1. The topological polar surface area (TPSA) is 128 Å². The number of nitrogen functional groups attached to an aromatic ring is 1. The number of benzene rings is 3. The van der Waals surface area contributed by atoms with Crippen LogP contribution in [0.5, 0.6) is 5.75 Å². The van der Waals surface area contributed by atoms with Gasteiger partial charge in [0.15, 0.2) is 11.6 Å². The number of fused-ring (bicyclic) bond motifs is 1. The van der Waals surface area contributed by atoms with Crippen LogP contribution in [-0.4, -0.2) is 22.0 Å². The summed E-state index contributed by atoms with van der Waals surface area (Å²) in [5, 5.41) is 14.3. The monoisotopic (exact) mass is 434 g/mol. The van der Waals surface area contributed by atoms with E-state index < -0.39 is 4.92 Å². The minimum atomic E-state index is -0.432. The molecule has 0 saturated heterocycles. The van der Waals surface area contributed by atoms with Gasteiger partial charge in [0.1, 0.15) is 5.75 Å². The summed E-state index contributed by atoms with van der Waals surface area (Å²) in [6.07, 6.45) is 0. The molecule has 31 heavy (non-hydrogen) atoms. The summed E-state index contributed by atoms with van der Waals surface area (Å²) in [5.41, 5.74) is 8.56. The molecule has 0 unspecified atom stereocenters. The molecule has 0 atom stereocenters. The van der Waals surface area contributed by atoms with Crippen LogP contribution < -0.4 is 20.5 Å². The van der Waals surface area contributed by atoms with Crippen LogP contribution in [-0.2, 0) is 0 Å². The average Bonchev–Trinajstić information content (AvgIpc) is 2.78. The number of anilines is 4.